The van der Waals surface area contributed by atoms with Crippen LogP contribution in [0.4, 0.5) is 0 Å². The Bertz CT molecular complexity index is 1070. The molecule has 0 aromatic heterocycles. The Morgan fingerprint density at radius 1 is 0.933 bits per heavy atom. The zero-order valence-corrected chi connectivity index (χ0v) is 17.7. The molecule has 154 valence electrons. The zero-order valence-electron chi connectivity index (χ0n) is 16.9. The fourth-order valence-electron chi connectivity index (χ4n) is 4.28. The van der Waals surface area contributed by atoms with Crippen molar-refractivity contribution in [2.75, 3.05) is 25.5 Å². The molecule has 1 saturated heterocycles. The molecule has 0 radical (unpaired) electrons. The highest BCUT2D eigenvalue weighted by Gasteiger charge is 2.30. The molecule has 3 aromatic carbocycles. The second kappa shape index (κ2) is 8.60. The van der Waals surface area contributed by atoms with Gasteiger partial charge in [0.2, 0.25) is 5.91 Å². The van der Waals surface area contributed by atoms with Crippen LogP contribution in [-0.4, -0.2) is 36.3 Å². The average Bonchev–Trinajstić information content (AvgIpc) is 3.16. The van der Waals surface area contributed by atoms with Gasteiger partial charge in [-0.1, -0.05) is 36.4 Å². The van der Waals surface area contributed by atoms with Gasteiger partial charge in [-0.3, -0.25) is 4.79 Å². The highest BCUT2D eigenvalue weighted by atomic mass is 32.2. The summed E-state index contributed by atoms with van der Waals surface area (Å²) in [5.74, 6) is 2.26. The van der Waals surface area contributed by atoms with E-state index in [0.717, 1.165) is 47.8 Å². The molecule has 0 bridgehead atoms. The number of hydrogen-bond acceptors (Lipinski definition) is 4. The molecule has 0 spiro atoms. The smallest absolute Gasteiger partial charge is 0.233 e. The summed E-state index contributed by atoms with van der Waals surface area (Å²) in [6.07, 6.45) is 2.92. The van der Waals surface area contributed by atoms with Gasteiger partial charge in [0.25, 0.3) is 0 Å². The number of hydrogen-bond donors (Lipinski definition) is 0. The minimum absolute atomic E-state index is 0.117. The van der Waals surface area contributed by atoms with Crippen LogP contribution < -0.4 is 9.47 Å². The summed E-state index contributed by atoms with van der Waals surface area (Å²) in [5.41, 5.74) is 1.14. The summed E-state index contributed by atoms with van der Waals surface area (Å²) >= 11 is 1.62. The molecule has 30 heavy (non-hydrogen) atoms. The Morgan fingerprint density at radius 2 is 1.77 bits per heavy atom. The number of likely N-dealkylation sites (tertiary alicyclic amines) is 1. The van der Waals surface area contributed by atoms with Crippen molar-refractivity contribution in [2.45, 2.75) is 30.2 Å². The van der Waals surface area contributed by atoms with Gasteiger partial charge in [-0.2, -0.15) is 0 Å². The number of rotatable bonds is 4. The molecule has 0 saturated carbocycles. The number of nitrogens with zero attached hydrogens (tertiary/aromatic N) is 1. The molecule has 2 heterocycles. The maximum atomic E-state index is 13.1. The SMILES string of the molecule is O=C(CSc1ccc2ccccc2c1)N1CCCC1c1ccc2c(c1)OCCCO2. The van der Waals surface area contributed by atoms with Crippen molar-refractivity contribution in [3.8, 4) is 11.5 Å². The van der Waals surface area contributed by atoms with E-state index in [-0.39, 0.29) is 11.9 Å². The van der Waals surface area contributed by atoms with Gasteiger partial charge in [0.1, 0.15) is 0 Å². The average molecular weight is 420 g/mol. The summed E-state index contributed by atoms with van der Waals surface area (Å²) < 4.78 is 11.6. The van der Waals surface area contributed by atoms with Crippen LogP contribution in [0.1, 0.15) is 30.9 Å². The van der Waals surface area contributed by atoms with Crippen molar-refractivity contribution in [2.24, 2.45) is 0 Å². The molecule has 0 N–H and O–H groups in total. The van der Waals surface area contributed by atoms with Gasteiger partial charge in [-0.05, 0) is 53.4 Å². The van der Waals surface area contributed by atoms with Crippen LogP contribution in [0.5, 0.6) is 11.5 Å². The lowest BCUT2D eigenvalue weighted by Crippen LogP contribution is -2.32. The molecule has 2 aliphatic heterocycles. The standard InChI is InChI=1S/C25H25NO3S/c27-25(17-30-21-10-8-18-5-1-2-6-19(18)15-21)26-12-3-7-22(26)20-9-11-23-24(16-20)29-14-4-13-28-23/h1-2,5-6,8-11,15-16,22H,3-4,7,12-14,17H2. The summed E-state index contributed by atoms with van der Waals surface area (Å²) in [4.78, 5) is 16.2. The van der Waals surface area contributed by atoms with Crippen molar-refractivity contribution in [1.29, 1.82) is 0 Å². The normalized spacial score (nSPS) is 18.4. The van der Waals surface area contributed by atoms with Crippen molar-refractivity contribution < 1.29 is 14.3 Å². The maximum absolute atomic E-state index is 13.1. The van der Waals surface area contributed by atoms with E-state index in [2.05, 4.69) is 42.5 Å². The first-order valence-corrected chi connectivity index (χ1v) is 11.6. The largest absolute Gasteiger partial charge is 0.490 e. The summed E-state index contributed by atoms with van der Waals surface area (Å²) in [6.45, 7) is 2.18. The molecule has 3 aromatic rings. The van der Waals surface area contributed by atoms with E-state index < -0.39 is 0 Å². The van der Waals surface area contributed by atoms with Crippen LogP contribution >= 0.6 is 11.8 Å². The van der Waals surface area contributed by atoms with Crippen molar-refractivity contribution >= 4 is 28.4 Å². The van der Waals surface area contributed by atoms with Crippen LogP contribution in [0.15, 0.2) is 65.6 Å². The quantitative estimate of drug-likeness (QED) is 0.527. The number of carbonyl (C=O) groups is 1. The first kappa shape index (κ1) is 19.3. The summed E-state index contributed by atoms with van der Waals surface area (Å²) in [7, 11) is 0. The summed E-state index contributed by atoms with van der Waals surface area (Å²) in [6, 6.07) is 21.0. The number of ether oxygens (including phenoxy) is 2. The Morgan fingerprint density at radius 3 is 2.67 bits per heavy atom. The molecule has 5 rings (SSSR count). The van der Waals surface area contributed by atoms with Gasteiger partial charge < -0.3 is 14.4 Å². The minimum atomic E-state index is 0.117. The van der Waals surface area contributed by atoms with E-state index in [1.165, 1.54) is 10.8 Å². The molecule has 4 nitrogen and oxygen atoms in total. The Balaban J connectivity index is 1.28. The molecule has 1 atom stereocenters. The highest BCUT2D eigenvalue weighted by Crippen LogP contribution is 2.38. The number of amides is 1. The lowest BCUT2D eigenvalue weighted by atomic mass is 10.0. The second-order valence-corrected chi connectivity index (χ2v) is 8.85. The fraction of sp³-hybridized carbons (Fsp3) is 0.320. The van der Waals surface area contributed by atoms with Crippen molar-refractivity contribution in [1.82, 2.24) is 4.90 Å². The molecule has 1 unspecified atom stereocenters. The minimum Gasteiger partial charge on any atom is -0.490 e. The molecular weight excluding hydrogens is 394 g/mol. The lowest BCUT2D eigenvalue weighted by Gasteiger charge is -2.25. The molecular formula is C25H25NO3S. The fourth-order valence-corrected chi connectivity index (χ4v) is 5.11. The van der Waals surface area contributed by atoms with E-state index >= 15 is 0 Å². The number of fused-ring (bicyclic) bond motifs is 2. The van der Waals surface area contributed by atoms with Gasteiger partial charge >= 0.3 is 0 Å². The Hall–Kier alpha value is -2.66. The summed E-state index contributed by atoms with van der Waals surface area (Å²) in [5, 5.41) is 2.43. The Labute approximate surface area is 181 Å². The Kier molecular flexibility index (Phi) is 5.54. The third-order valence-corrected chi connectivity index (χ3v) is 6.79. The van der Waals surface area contributed by atoms with E-state index in [4.69, 9.17) is 9.47 Å². The topological polar surface area (TPSA) is 38.8 Å². The van der Waals surface area contributed by atoms with Crippen molar-refractivity contribution in [3.63, 3.8) is 0 Å². The first-order valence-electron chi connectivity index (χ1n) is 10.6. The van der Waals surface area contributed by atoms with E-state index in [9.17, 15) is 4.79 Å². The van der Waals surface area contributed by atoms with Gasteiger partial charge in [0.05, 0.1) is 25.0 Å². The number of benzene rings is 3. The first-order chi connectivity index (χ1) is 14.8. The van der Waals surface area contributed by atoms with Crippen molar-refractivity contribution in [3.05, 3.63) is 66.2 Å². The van der Waals surface area contributed by atoms with Gasteiger partial charge in [0.15, 0.2) is 11.5 Å². The third kappa shape index (κ3) is 3.99. The van der Waals surface area contributed by atoms with Gasteiger partial charge in [-0.15, -0.1) is 11.8 Å². The van der Waals surface area contributed by atoms with Crippen LogP contribution in [-0.2, 0) is 4.79 Å². The number of thioether (sulfide) groups is 1. The third-order valence-electron chi connectivity index (χ3n) is 5.81. The highest BCUT2D eigenvalue weighted by molar-refractivity contribution is 8.00. The van der Waals surface area contributed by atoms with E-state index in [1.807, 2.05) is 23.1 Å². The molecule has 0 aliphatic carbocycles. The van der Waals surface area contributed by atoms with Crippen LogP contribution in [0, 0.1) is 0 Å². The van der Waals surface area contributed by atoms with Gasteiger partial charge in [-0.25, -0.2) is 0 Å². The molecule has 5 heteroatoms. The number of carbonyl (C=O) groups excluding carboxylic acids is 1. The molecule has 1 fully saturated rings. The second-order valence-electron chi connectivity index (χ2n) is 7.80. The maximum Gasteiger partial charge on any atom is 0.233 e. The predicted octanol–water partition coefficient (Wildman–Crippen LogP) is 5.46. The monoisotopic (exact) mass is 419 g/mol. The zero-order chi connectivity index (χ0) is 20.3. The van der Waals surface area contributed by atoms with Crippen LogP contribution in [0.25, 0.3) is 10.8 Å². The van der Waals surface area contributed by atoms with Crippen LogP contribution in [0.2, 0.25) is 0 Å². The molecule has 2 aliphatic rings. The van der Waals surface area contributed by atoms with Crippen LogP contribution in [0.3, 0.4) is 0 Å². The van der Waals surface area contributed by atoms with E-state index in [0.29, 0.717) is 19.0 Å². The van der Waals surface area contributed by atoms with E-state index in [1.54, 1.807) is 11.8 Å². The van der Waals surface area contributed by atoms with Gasteiger partial charge in [0, 0.05) is 17.9 Å². The lowest BCUT2D eigenvalue weighted by molar-refractivity contribution is -0.129. The predicted molar refractivity (Wildman–Crippen MR) is 120 cm³/mol. The molecule has 1 amide bonds.